The first-order valence-electron chi connectivity index (χ1n) is 4.04. The molecule has 0 radical (unpaired) electrons. The van der Waals surface area contributed by atoms with E-state index in [0.717, 1.165) is 5.82 Å². The van der Waals surface area contributed by atoms with Crippen molar-refractivity contribution >= 4 is 0 Å². The highest BCUT2D eigenvalue weighted by atomic mass is 15.1. The van der Waals surface area contributed by atoms with Gasteiger partial charge < -0.3 is 0 Å². The molecule has 0 atom stereocenters. The number of aryl methyl sites for hydroxylation is 1. The van der Waals surface area contributed by atoms with Gasteiger partial charge in [0.2, 0.25) is 0 Å². The molecule has 2 aromatic heterocycles. The number of imidazole rings is 1. The molecule has 68 valence electrons. The molecule has 5 heteroatoms. The smallest absolute Gasteiger partial charge is 0.146 e. The zero-order valence-electron chi connectivity index (χ0n) is 7.55. The zero-order valence-corrected chi connectivity index (χ0v) is 7.55. The first-order valence-corrected chi connectivity index (χ1v) is 4.04. The predicted molar refractivity (Wildman–Crippen MR) is 48.6 cm³/mol. The van der Waals surface area contributed by atoms with Gasteiger partial charge in [-0.05, 0) is 6.92 Å². The molecule has 0 aliphatic carbocycles. The van der Waals surface area contributed by atoms with Gasteiger partial charge in [-0.3, -0.25) is 4.57 Å². The molecule has 0 saturated heterocycles. The Bertz CT molecular complexity index is 494. The van der Waals surface area contributed by atoms with E-state index in [1.807, 2.05) is 13.0 Å². The van der Waals surface area contributed by atoms with Crippen molar-refractivity contribution in [3.8, 4) is 11.9 Å². The van der Waals surface area contributed by atoms with Crippen LogP contribution in [-0.4, -0.2) is 19.5 Å². The fourth-order valence-corrected chi connectivity index (χ4v) is 1.16. The van der Waals surface area contributed by atoms with Crippen LogP contribution >= 0.6 is 0 Å². The predicted octanol–water partition coefficient (Wildman–Crippen LogP) is 0.842. The Morgan fingerprint density at radius 3 is 2.86 bits per heavy atom. The molecular weight excluding hydrogens is 178 g/mol. The largest absolute Gasteiger partial charge is 0.288 e. The Balaban J connectivity index is 2.53. The molecule has 0 spiro atoms. The van der Waals surface area contributed by atoms with Crippen LogP contribution in [0.2, 0.25) is 0 Å². The van der Waals surface area contributed by atoms with Crippen LogP contribution in [-0.2, 0) is 0 Å². The molecule has 0 aliphatic rings. The molecule has 0 unspecified atom stereocenters. The van der Waals surface area contributed by atoms with Gasteiger partial charge >= 0.3 is 0 Å². The summed E-state index contributed by atoms with van der Waals surface area (Å²) in [5.74, 6) is 1.49. The fraction of sp³-hybridized carbons (Fsp3) is 0.111. The summed E-state index contributed by atoms with van der Waals surface area (Å²) in [6, 6.07) is 3.58. The van der Waals surface area contributed by atoms with E-state index in [2.05, 4.69) is 15.0 Å². The van der Waals surface area contributed by atoms with Gasteiger partial charge in [0.05, 0.1) is 0 Å². The molecule has 0 fully saturated rings. The molecule has 14 heavy (non-hydrogen) atoms. The van der Waals surface area contributed by atoms with E-state index < -0.39 is 0 Å². The minimum atomic E-state index is 0.350. The topological polar surface area (TPSA) is 67.4 Å². The third-order valence-corrected chi connectivity index (χ3v) is 1.84. The average Bonchev–Trinajstić information content (AvgIpc) is 2.65. The summed E-state index contributed by atoms with van der Waals surface area (Å²) in [4.78, 5) is 11.9. The number of hydrogen-bond donors (Lipinski definition) is 0. The Morgan fingerprint density at radius 1 is 1.36 bits per heavy atom. The van der Waals surface area contributed by atoms with Gasteiger partial charge in [-0.15, -0.1) is 0 Å². The zero-order chi connectivity index (χ0) is 9.97. The van der Waals surface area contributed by atoms with Crippen molar-refractivity contribution in [3.05, 3.63) is 36.3 Å². The second kappa shape index (κ2) is 3.26. The van der Waals surface area contributed by atoms with Crippen molar-refractivity contribution in [2.45, 2.75) is 6.92 Å². The number of rotatable bonds is 1. The molecule has 0 amide bonds. The maximum absolute atomic E-state index is 8.66. The number of nitriles is 1. The van der Waals surface area contributed by atoms with E-state index in [4.69, 9.17) is 5.26 Å². The second-order valence-corrected chi connectivity index (χ2v) is 2.72. The van der Waals surface area contributed by atoms with Crippen LogP contribution in [0.15, 0.2) is 24.8 Å². The van der Waals surface area contributed by atoms with Crippen LogP contribution in [0.5, 0.6) is 0 Å². The lowest BCUT2D eigenvalue weighted by atomic mass is 10.4. The Kier molecular flexibility index (Phi) is 1.95. The molecule has 5 nitrogen and oxygen atoms in total. The summed E-state index contributed by atoms with van der Waals surface area (Å²) < 4.78 is 1.79. The summed E-state index contributed by atoms with van der Waals surface area (Å²) >= 11 is 0. The molecule has 0 saturated carbocycles. The summed E-state index contributed by atoms with van der Waals surface area (Å²) in [5, 5.41) is 8.66. The Morgan fingerprint density at radius 2 is 2.21 bits per heavy atom. The second-order valence-electron chi connectivity index (χ2n) is 2.72. The van der Waals surface area contributed by atoms with Gasteiger partial charge in [0.1, 0.15) is 29.7 Å². The van der Waals surface area contributed by atoms with E-state index >= 15 is 0 Å². The third-order valence-electron chi connectivity index (χ3n) is 1.84. The van der Waals surface area contributed by atoms with Gasteiger partial charge in [0.25, 0.3) is 0 Å². The van der Waals surface area contributed by atoms with Crippen molar-refractivity contribution in [3.63, 3.8) is 0 Å². The summed E-state index contributed by atoms with van der Waals surface area (Å²) in [5.41, 5.74) is 0.350. The number of nitrogens with zero attached hydrogens (tertiary/aromatic N) is 5. The SMILES string of the molecule is Cc1nccn1-c1cc(C#N)ncn1. The van der Waals surface area contributed by atoms with Crippen molar-refractivity contribution in [1.29, 1.82) is 5.26 Å². The lowest BCUT2D eigenvalue weighted by Gasteiger charge is -2.02. The van der Waals surface area contributed by atoms with Crippen molar-refractivity contribution in [2.24, 2.45) is 0 Å². The average molecular weight is 185 g/mol. The fourth-order valence-electron chi connectivity index (χ4n) is 1.16. The van der Waals surface area contributed by atoms with Gasteiger partial charge in [0, 0.05) is 18.5 Å². The van der Waals surface area contributed by atoms with E-state index in [1.54, 1.807) is 23.0 Å². The molecule has 0 aliphatic heterocycles. The molecule has 0 aromatic carbocycles. The first-order chi connectivity index (χ1) is 6.81. The van der Waals surface area contributed by atoms with Gasteiger partial charge in [-0.25, -0.2) is 15.0 Å². The standard InChI is InChI=1S/C9H7N5/c1-7-11-2-3-14(7)9-4-8(5-10)12-6-13-9/h2-4,6H,1H3. The summed E-state index contributed by atoms with van der Waals surface area (Å²) in [6.07, 6.45) is 4.84. The summed E-state index contributed by atoms with van der Waals surface area (Å²) in [6.45, 7) is 1.87. The lowest BCUT2D eigenvalue weighted by Crippen LogP contribution is -2.00. The van der Waals surface area contributed by atoms with Crippen molar-refractivity contribution in [2.75, 3.05) is 0 Å². The van der Waals surface area contributed by atoms with Crippen LogP contribution < -0.4 is 0 Å². The van der Waals surface area contributed by atoms with E-state index in [1.165, 1.54) is 6.33 Å². The van der Waals surface area contributed by atoms with Gasteiger partial charge in [0.15, 0.2) is 0 Å². The van der Waals surface area contributed by atoms with Crippen molar-refractivity contribution in [1.82, 2.24) is 19.5 Å². The van der Waals surface area contributed by atoms with Crippen molar-refractivity contribution < 1.29 is 0 Å². The van der Waals surface area contributed by atoms with Crippen LogP contribution in [0.4, 0.5) is 0 Å². The minimum Gasteiger partial charge on any atom is -0.288 e. The normalized spacial score (nSPS) is 9.71. The van der Waals surface area contributed by atoms with E-state index in [0.29, 0.717) is 11.5 Å². The van der Waals surface area contributed by atoms with Gasteiger partial charge in [-0.2, -0.15) is 5.26 Å². The quantitative estimate of drug-likeness (QED) is 0.660. The van der Waals surface area contributed by atoms with E-state index in [-0.39, 0.29) is 0 Å². The molecular formula is C9H7N5. The third kappa shape index (κ3) is 1.33. The first kappa shape index (κ1) is 8.38. The van der Waals surface area contributed by atoms with Gasteiger partial charge in [-0.1, -0.05) is 0 Å². The maximum atomic E-state index is 8.66. The Labute approximate surface area is 80.7 Å². The number of aromatic nitrogens is 4. The van der Waals surface area contributed by atoms with Crippen LogP contribution in [0.3, 0.4) is 0 Å². The van der Waals surface area contributed by atoms with Crippen LogP contribution in [0, 0.1) is 18.3 Å². The maximum Gasteiger partial charge on any atom is 0.146 e. The monoisotopic (exact) mass is 185 g/mol. The highest BCUT2D eigenvalue weighted by molar-refractivity contribution is 5.30. The molecule has 0 N–H and O–H groups in total. The number of hydrogen-bond acceptors (Lipinski definition) is 4. The van der Waals surface area contributed by atoms with Crippen LogP contribution in [0.1, 0.15) is 11.5 Å². The highest BCUT2D eigenvalue weighted by Gasteiger charge is 2.02. The Hall–Kier alpha value is -2.22. The summed E-state index contributed by atoms with van der Waals surface area (Å²) in [7, 11) is 0. The molecule has 2 heterocycles. The highest BCUT2D eigenvalue weighted by Crippen LogP contribution is 2.06. The molecule has 2 aromatic rings. The van der Waals surface area contributed by atoms with Crippen LogP contribution in [0.25, 0.3) is 5.82 Å². The lowest BCUT2D eigenvalue weighted by molar-refractivity contribution is 0.916. The van der Waals surface area contributed by atoms with E-state index in [9.17, 15) is 0 Å². The molecule has 2 rings (SSSR count). The molecule has 0 bridgehead atoms. The minimum absolute atomic E-state index is 0.350.